The number of carbonyl (C=O) groups is 2. The summed E-state index contributed by atoms with van der Waals surface area (Å²) in [6, 6.07) is 1.12. The van der Waals surface area contributed by atoms with E-state index in [1.165, 1.54) is 4.57 Å². The molecule has 2 aromatic heterocycles. The van der Waals surface area contributed by atoms with Crippen molar-refractivity contribution in [3.8, 4) is 0 Å². The molecular formula is C28H33F3N4O4. The summed E-state index contributed by atoms with van der Waals surface area (Å²) in [4.78, 5) is 46.5. The average Bonchev–Trinajstić information content (AvgIpc) is 3.15. The molecule has 3 aliphatic rings. The lowest BCUT2D eigenvalue weighted by Crippen LogP contribution is -2.52. The number of likely N-dealkylation sites (tertiary alicyclic amines) is 1. The van der Waals surface area contributed by atoms with Crippen molar-refractivity contribution >= 4 is 17.8 Å². The van der Waals surface area contributed by atoms with E-state index in [-0.39, 0.29) is 30.6 Å². The van der Waals surface area contributed by atoms with Gasteiger partial charge in [0.15, 0.2) is 11.5 Å². The molecule has 2 aromatic rings. The molecule has 4 heterocycles. The van der Waals surface area contributed by atoms with Crippen LogP contribution in [0.5, 0.6) is 0 Å². The summed E-state index contributed by atoms with van der Waals surface area (Å²) in [5, 5.41) is 0. The van der Waals surface area contributed by atoms with E-state index in [2.05, 4.69) is 23.7 Å². The SMILES string of the molecule is CC(C)CC1(C(=O)N2CCc3ncc(C(F)(F)F)cc3C2)CCN(CC2=Cc3oc(=O)n(C)c3CC2=O)CC1. The van der Waals surface area contributed by atoms with E-state index in [1.807, 2.05) is 0 Å². The summed E-state index contributed by atoms with van der Waals surface area (Å²) in [7, 11) is 1.58. The summed E-state index contributed by atoms with van der Waals surface area (Å²) in [6.45, 7) is 6.33. The van der Waals surface area contributed by atoms with Crippen molar-refractivity contribution in [3.05, 3.63) is 56.7 Å². The quantitative estimate of drug-likeness (QED) is 0.570. The van der Waals surface area contributed by atoms with Crippen LogP contribution in [0.1, 0.15) is 61.4 Å². The highest BCUT2D eigenvalue weighted by Crippen LogP contribution is 2.41. The van der Waals surface area contributed by atoms with E-state index >= 15 is 0 Å². The second-order valence-electron chi connectivity index (χ2n) is 11.5. The molecular weight excluding hydrogens is 513 g/mol. The molecule has 1 aliphatic carbocycles. The maximum Gasteiger partial charge on any atom is 0.419 e. The molecule has 11 heteroatoms. The van der Waals surface area contributed by atoms with E-state index < -0.39 is 22.9 Å². The summed E-state index contributed by atoms with van der Waals surface area (Å²) in [6.07, 6.45) is 0.462. The number of piperidine rings is 1. The number of amides is 1. The van der Waals surface area contributed by atoms with Crippen LogP contribution in [0.2, 0.25) is 0 Å². The Morgan fingerprint density at radius 2 is 1.90 bits per heavy atom. The van der Waals surface area contributed by atoms with Crippen LogP contribution < -0.4 is 5.76 Å². The van der Waals surface area contributed by atoms with Gasteiger partial charge in [-0.3, -0.25) is 24.0 Å². The molecule has 0 radical (unpaired) electrons. The predicted octanol–water partition coefficient (Wildman–Crippen LogP) is 3.61. The Hall–Kier alpha value is -3.21. The van der Waals surface area contributed by atoms with Gasteiger partial charge in [0.05, 0.1) is 23.1 Å². The van der Waals surface area contributed by atoms with E-state index in [0.29, 0.717) is 80.1 Å². The number of halogens is 3. The number of rotatable bonds is 5. The Kier molecular flexibility index (Phi) is 7.07. The van der Waals surface area contributed by atoms with E-state index in [1.54, 1.807) is 18.0 Å². The van der Waals surface area contributed by atoms with Crippen molar-refractivity contribution in [2.24, 2.45) is 18.4 Å². The van der Waals surface area contributed by atoms with Crippen LogP contribution in [-0.2, 0) is 42.2 Å². The molecule has 0 spiro atoms. The number of ketones is 1. The van der Waals surface area contributed by atoms with Crippen molar-refractivity contribution in [1.29, 1.82) is 0 Å². The molecule has 0 saturated carbocycles. The second kappa shape index (κ2) is 10.1. The Morgan fingerprint density at radius 3 is 2.56 bits per heavy atom. The molecule has 0 N–H and O–H groups in total. The smallest absolute Gasteiger partial charge is 0.408 e. The van der Waals surface area contributed by atoms with Crippen molar-refractivity contribution in [3.63, 3.8) is 0 Å². The molecule has 0 bridgehead atoms. The Balaban J connectivity index is 1.30. The first-order valence-electron chi connectivity index (χ1n) is 13.4. The molecule has 39 heavy (non-hydrogen) atoms. The average molecular weight is 547 g/mol. The third-order valence-electron chi connectivity index (χ3n) is 8.27. The van der Waals surface area contributed by atoms with Gasteiger partial charge in [0.1, 0.15) is 0 Å². The van der Waals surface area contributed by atoms with Crippen molar-refractivity contribution in [2.45, 2.75) is 58.7 Å². The highest BCUT2D eigenvalue weighted by atomic mass is 19.4. The summed E-state index contributed by atoms with van der Waals surface area (Å²) < 4.78 is 46.4. The largest absolute Gasteiger partial charge is 0.419 e. The Labute approximate surface area is 224 Å². The summed E-state index contributed by atoms with van der Waals surface area (Å²) in [5.74, 6) is 0.131. The molecule has 0 unspecified atom stereocenters. The zero-order chi connectivity index (χ0) is 28.1. The van der Waals surface area contributed by atoms with Crippen molar-refractivity contribution < 1.29 is 27.2 Å². The fraction of sp³-hybridized carbons (Fsp3) is 0.571. The fourth-order valence-corrected chi connectivity index (χ4v) is 6.21. The standard InChI is InChI=1S/C28H33F3N4O4/c1-17(2)13-27(25(37)35-7-4-21-18(16-35)10-20(14-32-21)28(29,30)31)5-8-34(9-6-27)15-19-11-24-22(12-23(19)36)33(3)26(38)39-24/h10-11,14,17H,4-9,12-13,15-16H2,1-3H3. The molecule has 1 fully saturated rings. The van der Waals surface area contributed by atoms with Gasteiger partial charge in [0.2, 0.25) is 5.91 Å². The van der Waals surface area contributed by atoms with Crippen molar-refractivity contribution in [2.75, 3.05) is 26.2 Å². The van der Waals surface area contributed by atoms with E-state index in [0.717, 1.165) is 12.3 Å². The number of hydrogen-bond acceptors (Lipinski definition) is 6. The van der Waals surface area contributed by atoms with Gasteiger partial charge in [-0.2, -0.15) is 13.2 Å². The van der Waals surface area contributed by atoms with Crippen LogP contribution in [0.25, 0.3) is 6.08 Å². The molecule has 8 nitrogen and oxygen atoms in total. The van der Waals surface area contributed by atoms with Crippen LogP contribution >= 0.6 is 0 Å². The lowest BCUT2D eigenvalue weighted by atomic mass is 9.71. The predicted molar refractivity (Wildman–Crippen MR) is 137 cm³/mol. The normalized spacial score (nSPS) is 19.6. The number of fused-ring (bicyclic) bond motifs is 2. The highest BCUT2D eigenvalue weighted by Gasteiger charge is 2.45. The number of hydrogen-bond donors (Lipinski definition) is 0. The second-order valence-corrected chi connectivity index (χ2v) is 11.5. The van der Waals surface area contributed by atoms with Crippen LogP contribution in [0.15, 0.2) is 27.0 Å². The molecule has 1 amide bonds. The number of carbonyl (C=O) groups excluding carboxylic acids is 2. The number of pyridine rings is 1. The van der Waals surface area contributed by atoms with Crippen LogP contribution in [0.4, 0.5) is 13.2 Å². The van der Waals surface area contributed by atoms with Crippen LogP contribution in [-0.4, -0.2) is 57.2 Å². The van der Waals surface area contributed by atoms with Gasteiger partial charge in [-0.15, -0.1) is 0 Å². The Morgan fingerprint density at radius 1 is 1.18 bits per heavy atom. The first-order valence-corrected chi connectivity index (χ1v) is 13.4. The van der Waals surface area contributed by atoms with E-state index in [9.17, 15) is 27.6 Å². The van der Waals surface area contributed by atoms with Gasteiger partial charge in [0, 0.05) is 50.6 Å². The first kappa shape index (κ1) is 27.4. The van der Waals surface area contributed by atoms with Crippen molar-refractivity contribution in [1.82, 2.24) is 19.4 Å². The summed E-state index contributed by atoms with van der Waals surface area (Å²) >= 11 is 0. The van der Waals surface area contributed by atoms with Gasteiger partial charge >= 0.3 is 11.9 Å². The third kappa shape index (κ3) is 5.33. The summed E-state index contributed by atoms with van der Waals surface area (Å²) in [5.41, 5.74) is 0.824. The minimum absolute atomic E-state index is 0.0115. The minimum atomic E-state index is -4.48. The topological polar surface area (TPSA) is 88.7 Å². The molecule has 2 aliphatic heterocycles. The molecule has 210 valence electrons. The maximum absolute atomic E-state index is 14.0. The van der Waals surface area contributed by atoms with Gasteiger partial charge in [-0.1, -0.05) is 13.8 Å². The number of Topliss-reactive ketones (excluding diaryl/α,β-unsaturated/α-hetero) is 1. The van der Waals surface area contributed by atoms with Gasteiger partial charge in [-0.25, -0.2) is 4.79 Å². The van der Waals surface area contributed by atoms with Crippen LogP contribution in [0.3, 0.4) is 0 Å². The highest BCUT2D eigenvalue weighted by molar-refractivity contribution is 6.03. The number of alkyl halides is 3. The van der Waals surface area contributed by atoms with Gasteiger partial charge < -0.3 is 9.32 Å². The zero-order valence-electron chi connectivity index (χ0n) is 22.4. The zero-order valence-corrected chi connectivity index (χ0v) is 22.4. The van der Waals surface area contributed by atoms with Gasteiger partial charge in [-0.05, 0) is 56.0 Å². The van der Waals surface area contributed by atoms with Gasteiger partial charge in [0.25, 0.3) is 0 Å². The number of aromatic nitrogens is 2. The maximum atomic E-state index is 14.0. The molecule has 0 atom stereocenters. The fourth-order valence-electron chi connectivity index (χ4n) is 6.21. The Bertz CT molecular complexity index is 1380. The molecule has 0 aromatic carbocycles. The minimum Gasteiger partial charge on any atom is -0.408 e. The molecule has 1 saturated heterocycles. The first-order chi connectivity index (χ1) is 18.4. The lowest BCUT2D eigenvalue weighted by molar-refractivity contribution is -0.147. The number of nitrogens with zero attached hydrogens (tertiary/aromatic N) is 4. The third-order valence-corrected chi connectivity index (χ3v) is 8.27. The number of oxazole rings is 1. The molecule has 5 rings (SSSR count). The lowest BCUT2D eigenvalue weighted by Gasteiger charge is -2.45. The van der Waals surface area contributed by atoms with E-state index in [4.69, 9.17) is 4.42 Å². The monoisotopic (exact) mass is 546 g/mol. The van der Waals surface area contributed by atoms with Crippen LogP contribution in [0, 0.1) is 11.3 Å².